The Bertz CT molecular complexity index is 1780. The second-order valence-electron chi connectivity index (χ2n) is 11.0. The number of nitrogens with zero attached hydrogens (tertiary/aromatic N) is 3. The van der Waals surface area contributed by atoms with Crippen molar-refractivity contribution in [3.63, 3.8) is 0 Å². The predicted octanol–water partition coefficient (Wildman–Crippen LogP) is 5.24. The number of aromatic nitrogens is 1. The number of imide groups is 1. The van der Waals surface area contributed by atoms with Gasteiger partial charge in [0.05, 0.1) is 17.2 Å². The molecule has 7 rings (SSSR count). The minimum Gasteiger partial charge on any atom is -0.481 e. The first-order chi connectivity index (χ1) is 20.3. The first-order valence-electron chi connectivity index (χ1n) is 14.0. The molecule has 2 N–H and O–H groups in total. The van der Waals surface area contributed by atoms with Crippen LogP contribution in [0.4, 0.5) is 10.5 Å². The summed E-state index contributed by atoms with van der Waals surface area (Å²) in [5.41, 5.74) is 3.97. The SMILES string of the molecule is O=C(O)C1CCN(C(=O)c2ccccc2N2C(=O)[C@@H]3Cc4c([nH]c5ccccc45)[C@@H](c4cccc(Cl)c4)N3C2=O)CC1. The Labute approximate surface area is 246 Å². The van der Waals surface area contributed by atoms with E-state index in [0.29, 0.717) is 37.4 Å². The molecule has 3 aliphatic heterocycles. The summed E-state index contributed by atoms with van der Waals surface area (Å²) >= 11 is 6.39. The van der Waals surface area contributed by atoms with Crippen molar-refractivity contribution < 1.29 is 24.3 Å². The quantitative estimate of drug-likeness (QED) is 0.319. The van der Waals surface area contributed by atoms with Crippen LogP contribution in [0.3, 0.4) is 0 Å². The third kappa shape index (κ3) is 4.07. The molecule has 0 saturated carbocycles. The first kappa shape index (κ1) is 26.3. The maximum atomic E-state index is 14.3. The molecule has 4 aromatic rings. The van der Waals surface area contributed by atoms with Gasteiger partial charge in [-0.25, -0.2) is 9.69 Å². The molecule has 3 aromatic carbocycles. The molecular weight excluding hydrogens is 556 g/mol. The molecule has 2 atom stereocenters. The number of benzene rings is 3. The molecular formula is C32H27ClN4O5. The van der Waals surface area contributed by atoms with E-state index in [4.69, 9.17) is 11.6 Å². The minimum absolute atomic E-state index is 0.227. The second-order valence-corrected chi connectivity index (χ2v) is 11.5. The van der Waals surface area contributed by atoms with Gasteiger partial charge < -0.3 is 15.0 Å². The van der Waals surface area contributed by atoms with E-state index in [1.54, 1.807) is 40.1 Å². The maximum absolute atomic E-state index is 14.3. The molecule has 0 bridgehead atoms. The average molecular weight is 583 g/mol. The van der Waals surface area contributed by atoms with Crippen molar-refractivity contribution in [3.05, 3.63) is 100 Å². The van der Waals surface area contributed by atoms with Crippen LogP contribution in [0.15, 0.2) is 72.8 Å². The number of aliphatic carboxylic acids is 1. The molecule has 4 amide bonds. The summed E-state index contributed by atoms with van der Waals surface area (Å²) < 4.78 is 0. The van der Waals surface area contributed by atoms with Gasteiger partial charge in [-0.2, -0.15) is 0 Å². The Morgan fingerprint density at radius 3 is 2.43 bits per heavy atom. The smallest absolute Gasteiger partial charge is 0.332 e. The average Bonchev–Trinajstić information content (AvgIpc) is 3.49. The number of carbonyl (C=O) groups is 4. The fraction of sp³-hybridized carbons (Fsp3) is 0.250. The molecule has 2 saturated heterocycles. The number of halogens is 1. The number of carboxylic acids is 1. The zero-order valence-corrected chi connectivity index (χ0v) is 23.3. The molecule has 212 valence electrons. The maximum Gasteiger partial charge on any atom is 0.332 e. The number of piperidine rings is 1. The summed E-state index contributed by atoms with van der Waals surface area (Å²) in [6.45, 7) is 0.582. The van der Waals surface area contributed by atoms with Crippen molar-refractivity contribution in [2.45, 2.75) is 31.3 Å². The van der Waals surface area contributed by atoms with Gasteiger partial charge in [0.1, 0.15) is 12.1 Å². The molecule has 0 aliphatic carbocycles. The van der Waals surface area contributed by atoms with Crippen LogP contribution in [0.5, 0.6) is 0 Å². The number of likely N-dealkylation sites (tertiary alicyclic amines) is 1. The van der Waals surface area contributed by atoms with Crippen LogP contribution in [0, 0.1) is 5.92 Å². The lowest BCUT2D eigenvalue weighted by molar-refractivity contribution is -0.143. The van der Waals surface area contributed by atoms with Crippen molar-refractivity contribution >= 4 is 52.0 Å². The van der Waals surface area contributed by atoms with E-state index in [-0.39, 0.29) is 17.2 Å². The molecule has 10 heteroatoms. The van der Waals surface area contributed by atoms with E-state index < -0.39 is 35.9 Å². The van der Waals surface area contributed by atoms with Crippen molar-refractivity contribution in [1.82, 2.24) is 14.8 Å². The number of urea groups is 1. The molecule has 2 fully saturated rings. The predicted molar refractivity (Wildman–Crippen MR) is 157 cm³/mol. The van der Waals surface area contributed by atoms with Gasteiger partial charge in [-0.1, -0.05) is 54.1 Å². The molecule has 0 spiro atoms. The van der Waals surface area contributed by atoms with E-state index in [0.717, 1.165) is 32.6 Å². The standard InChI is InChI=1S/C32H27ClN4O5/c33-20-7-5-6-19(16-20)28-27-23(21-8-1-3-10-24(21)34-27)17-26-30(39)37(32(42)36(26)28)25-11-4-2-9-22(25)29(38)35-14-12-18(13-15-35)31(40)41/h1-11,16,18,26,28,34H,12-15,17H2,(H,40,41)/t26-,28+/m0/s1. The summed E-state index contributed by atoms with van der Waals surface area (Å²) in [4.78, 5) is 61.4. The van der Waals surface area contributed by atoms with Gasteiger partial charge in [-0.05, 0) is 54.3 Å². The topological polar surface area (TPSA) is 114 Å². The fourth-order valence-electron chi connectivity index (χ4n) is 6.67. The highest BCUT2D eigenvalue weighted by molar-refractivity contribution is 6.30. The molecule has 1 aromatic heterocycles. The number of rotatable bonds is 4. The van der Waals surface area contributed by atoms with Gasteiger partial charge in [0.15, 0.2) is 0 Å². The Kier molecular flexibility index (Phi) is 6.27. The Morgan fingerprint density at radius 2 is 1.67 bits per heavy atom. The van der Waals surface area contributed by atoms with Crippen LogP contribution in [0.1, 0.15) is 46.1 Å². The van der Waals surface area contributed by atoms with E-state index in [1.807, 2.05) is 42.5 Å². The van der Waals surface area contributed by atoms with E-state index in [2.05, 4.69) is 4.98 Å². The van der Waals surface area contributed by atoms with Crippen LogP contribution < -0.4 is 4.90 Å². The van der Waals surface area contributed by atoms with Crippen LogP contribution in [-0.2, 0) is 16.0 Å². The van der Waals surface area contributed by atoms with Crippen molar-refractivity contribution in [1.29, 1.82) is 0 Å². The lowest BCUT2D eigenvalue weighted by atomic mass is 9.89. The first-order valence-corrected chi connectivity index (χ1v) is 14.3. The second kappa shape index (κ2) is 10.0. The fourth-order valence-corrected chi connectivity index (χ4v) is 6.87. The van der Waals surface area contributed by atoms with E-state index in [9.17, 15) is 24.3 Å². The number of H-pyrrole nitrogens is 1. The third-order valence-corrected chi connectivity index (χ3v) is 8.96. The van der Waals surface area contributed by atoms with Gasteiger partial charge >= 0.3 is 12.0 Å². The Balaban J connectivity index is 1.29. The van der Waals surface area contributed by atoms with Crippen LogP contribution >= 0.6 is 11.6 Å². The van der Waals surface area contributed by atoms with Gasteiger partial charge in [-0.3, -0.25) is 19.3 Å². The molecule has 4 heterocycles. The monoisotopic (exact) mass is 582 g/mol. The van der Waals surface area contributed by atoms with Gasteiger partial charge in [0, 0.05) is 41.1 Å². The molecule has 9 nitrogen and oxygen atoms in total. The van der Waals surface area contributed by atoms with Crippen LogP contribution in [0.2, 0.25) is 5.02 Å². The summed E-state index contributed by atoms with van der Waals surface area (Å²) in [6.07, 6.45) is 1.04. The number of anilines is 1. The normalized spacial score (nSPS) is 20.6. The number of hydrogen-bond acceptors (Lipinski definition) is 4. The van der Waals surface area contributed by atoms with Crippen molar-refractivity contribution in [2.24, 2.45) is 5.92 Å². The molecule has 3 aliphatic rings. The van der Waals surface area contributed by atoms with Gasteiger partial charge in [0.2, 0.25) is 0 Å². The highest BCUT2D eigenvalue weighted by Crippen LogP contribution is 2.45. The highest BCUT2D eigenvalue weighted by atomic mass is 35.5. The van der Waals surface area contributed by atoms with Crippen LogP contribution in [-0.4, -0.2) is 62.8 Å². The lowest BCUT2D eigenvalue weighted by Crippen LogP contribution is -2.44. The lowest BCUT2D eigenvalue weighted by Gasteiger charge is -2.36. The molecule has 42 heavy (non-hydrogen) atoms. The minimum atomic E-state index is -0.862. The number of para-hydroxylation sites is 2. The Morgan fingerprint density at radius 1 is 0.929 bits per heavy atom. The summed E-state index contributed by atoms with van der Waals surface area (Å²) in [7, 11) is 0. The van der Waals surface area contributed by atoms with E-state index in [1.165, 1.54) is 0 Å². The molecule has 0 unspecified atom stereocenters. The zero-order valence-electron chi connectivity index (χ0n) is 22.5. The number of fused-ring (bicyclic) bond motifs is 4. The number of carboxylic acid groups (broad SMARTS) is 1. The number of aromatic amines is 1. The van der Waals surface area contributed by atoms with Gasteiger partial charge in [0.25, 0.3) is 11.8 Å². The number of carbonyl (C=O) groups excluding carboxylic acids is 3. The molecule has 0 radical (unpaired) electrons. The third-order valence-electron chi connectivity index (χ3n) is 8.72. The largest absolute Gasteiger partial charge is 0.481 e. The number of nitrogens with one attached hydrogen (secondary N) is 1. The summed E-state index contributed by atoms with van der Waals surface area (Å²) in [6, 6.07) is 19.9. The summed E-state index contributed by atoms with van der Waals surface area (Å²) in [5, 5.41) is 10.9. The highest BCUT2D eigenvalue weighted by Gasteiger charge is 2.53. The zero-order chi connectivity index (χ0) is 29.1. The van der Waals surface area contributed by atoms with Crippen molar-refractivity contribution in [3.8, 4) is 0 Å². The van der Waals surface area contributed by atoms with Crippen molar-refractivity contribution in [2.75, 3.05) is 18.0 Å². The Hall–Kier alpha value is -4.63. The van der Waals surface area contributed by atoms with Gasteiger partial charge in [-0.15, -0.1) is 0 Å². The number of hydrogen-bond donors (Lipinski definition) is 2. The van der Waals surface area contributed by atoms with E-state index >= 15 is 0 Å². The summed E-state index contributed by atoms with van der Waals surface area (Å²) in [5.74, 6) is -2.08. The van der Waals surface area contributed by atoms with Crippen LogP contribution in [0.25, 0.3) is 10.9 Å². The number of amides is 4.